The Balaban J connectivity index is 1.66. The van der Waals surface area contributed by atoms with Gasteiger partial charge in [-0.05, 0) is 35.7 Å². The maximum atomic E-state index is 12.6. The number of nitrogens with one attached hydrogen (secondary N) is 1. The van der Waals surface area contributed by atoms with Gasteiger partial charge in [0.05, 0.1) is 28.4 Å². The van der Waals surface area contributed by atoms with Gasteiger partial charge in [0, 0.05) is 12.1 Å². The highest BCUT2D eigenvalue weighted by atomic mass is 16.7. The molecule has 0 aliphatic carbocycles. The van der Waals surface area contributed by atoms with Crippen molar-refractivity contribution in [1.29, 1.82) is 0 Å². The molecule has 2 aromatic rings. The van der Waals surface area contributed by atoms with E-state index in [4.69, 9.17) is 28.4 Å². The second-order valence-electron chi connectivity index (χ2n) is 7.31. The van der Waals surface area contributed by atoms with Gasteiger partial charge in [0.2, 0.25) is 6.79 Å². The Hall–Kier alpha value is -3.66. The number of benzene rings is 2. The molecular weight excluding hydrogens is 434 g/mol. The quantitative estimate of drug-likeness (QED) is 0.470. The van der Waals surface area contributed by atoms with Gasteiger partial charge < -0.3 is 38.5 Å². The summed E-state index contributed by atoms with van der Waals surface area (Å²) in [4.78, 5) is 24.0. The van der Waals surface area contributed by atoms with Crippen LogP contribution in [0.15, 0.2) is 24.3 Å². The van der Waals surface area contributed by atoms with Gasteiger partial charge in [-0.1, -0.05) is 6.07 Å². The number of carbonyl (C=O) groups is 2. The highest BCUT2D eigenvalue weighted by molar-refractivity contribution is 5.95. The van der Waals surface area contributed by atoms with Crippen LogP contribution < -0.4 is 24.3 Å². The molecule has 33 heavy (non-hydrogen) atoms. The van der Waals surface area contributed by atoms with Crippen molar-refractivity contribution in [2.24, 2.45) is 0 Å². The van der Waals surface area contributed by atoms with Crippen LogP contribution in [0.2, 0.25) is 0 Å². The summed E-state index contributed by atoms with van der Waals surface area (Å²) in [5.74, 6) is 1.39. The molecular formula is C23H25NO9. The minimum atomic E-state index is -0.553. The molecule has 10 nitrogen and oxygen atoms in total. The number of hydrogen-bond donors (Lipinski definition) is 1. The van der Waals surface area contributed by atoms with E-state index < -0.39 is 18.2 Å². The zero-order chi connectivity index (χ0) is 23.5. The van der Waals surface area contributed by atoms with Crippen LogP contribution in [-0.2, 0) is 20.6 Å². The van der Waals surface area contributed by atoms with Crippen molar-refractivity contribution < 1.29 is 42.7 Å². The summed E-state index contributed by atoms with van der Waals surface area (Å²) < 4.78 is 37.5. The van der Waals surface area contributed by atoms with E-state index >= 15 is 0 Å². The molecule has 1 N–H and O–H groups in total. The minimum absolute atomic E-state index is 0.135. The number of methoxy groups -OCH3 is 4. The molecule has 2 unspecified atom stereocenters. The highest BCUT2D eigenvalue weighted by Gasteiger charge is 2.46. The van der Waals surface area contributed by atoms with Gasteiger partial charge in [-0.15, -0.1) is 0 Å². The van der Waals surface area contributed by atoms with Gasteiger partial charge in [0.1, 0.15) is 17.8 Å². The lowest BCUT2D eigenvalue weighted by molar-refractivity contribution is 0.0594. The molecule has 0 radical (unpaired) electrons. The third-order valence-electron chi connectivity index (χ3n) is 5.56. The Bertz CT molecular complexity index is 1070. The van der Waals surface area contributed by atoms with Crippen LogP contribution in [-0.4, -0.2) is 53.8 Å². The Kier molecular flexibility index (Phi) is 6.45. The lowest BCUT2D eigenvalue weighted by atomic mass is 9.94. The third-order valence-corrected chi connectivity index (χ3v) is 5.56. The number of hydrogen-bond acceptors (Lipinski definition) is 9. The Labute approximate surface area is 190 Å². The first kappa shape index (κ1) is 22.5. The molecule has 1 saturated heterocycles. The molecule has 2 aromatic carbocycles. The van der Waals surface area contributed by atoms with Crippen molar-refractivity contribution in [3.8, 4) is 23.0 Å². The first-order chi connectivity index (χ1) is 16.0. The normalized spacial score (nSPS) is 17.8. The summed E-state index contributed by atoms with van der Waals surface area (Å²) in [5, 5.41) is 2.67. The first-order valence-electron chi connectivity index (χ1n) is 10.2. The lowest BCUT2D eigenvalue weighted by Gasteiger charge is -2.15. The van der Waals surface area contributed by atoms with Crippen LogP contribution in [0, 0.1) is 0 Å². The van der Waals surface area contributed by atoms with Gasteiger partial charge in [-0.2, -0.15) is 0 Å². The number of alkyl carbamates (subject to hydrolysis) is 1. The van der Waals surface area contributed by atoms with Crippen LogP contribution in [0.25, 0.3) is 0 Å². The minimum Gasteiger partial charge on any atom is -0.493 e. The number of rotatable bonds is 8. The average Bonchev–Trinajstić information content (AvgIpc) is 3.50. The van der Waals surface area contributed by atoms with Crippen molar-refractivity contribution in [2.75, 3.05) is 41.8 Å². The molecule has 0 aromatic heterocycles. The molecule has 176 valence electrons. The SMILES string of the molecule is COC(=O)NCCc1cc2c(cc1C1OC1c1ccc(OC)c(OC)c1C(=O)OC)OCO2. The van der Waals surface area contributed by atoms with Crippen molar-refractivity contribution >= 4 is 12.1 Å². The largest absolute Gasteiger partial charge is 0.493 e. The molecule has 2 aliphatic rings. The molecule has 0 spiro atoms. The average molecular weight is 459 g/mol. The zero-order valence-corrected chi connectivity index (χ0v) is 18.8. The molecule has 2 aliphatic heterocycles. The number of fused-ring (bicyclic) bond motifs is 1. The van der Waals surface area contributed by atoms with Crippen LogP contribution in [0.5, 0.6) is 23.0 Å². The van der Waals surface area contributed by atoms with E-state index in [1.807, 2.05) is 12.1 Å². The third kappa shape index (κ3) is 4.34. The summed E-state index contributed by atoms with van der Waals surface area (Å²) in [6.07, 6.45) is -0.740. The highest BCUT2D eigenvalue weighted by Crippen LogP contribution is 2.56. The lowest BCUT2D eigenvalue weighted by Crippen LogP contribution is -2.25. The molecule has 0 saturated carbocycles. The number of epoxide rings is 1. The van der Waals surface area contributed by atoms with Crippen molar-refractivity contribution in [3.05, 3.63) is 46.5 Å². The first-order valence-corrected chi connectivity index (χ1v) is 10.2. The van der Waals surface area contributed by atoms with Gasteiger partial charge in [0.15, 0.2) is 23.0 Å². The van der Waals surface area contributed by atoms with Gasteiger partial charge in [0.25, 0.3) is 0 Å². The van der Waals surface area contributed by atoms with E-state index in [0.717, 1.165) is 11.1 Å². The molecule has 2 heterocycles. The summed E-state index contributed by atoms with van der Waals surface area (Å²) in [5.41, 5.74) is 2.67. The number of esters is 1. The van der Waals surface area contributed by atoms with Gasteiger partial charge >= 0.3 is 12.1 Å². The fraction of sp³-hybridized carbons (Fsp3) is 0.391. The molecule has 1 amide bonds. The zero-order valence-electron chi connectivity index (χ0n) is 18.8. The fourth-order valence-electron chi connectivity index (χ4n) is 3.93. The topological polar surface area (TPSA) is 114 Å². The van der Waals surface area contributed by atoms with E-state index in [1.54, 1.807) is 12.1 Å². The van der Waals surface area contributed by atoms with Gasteiger partial charge in [-0.3, -0.25) is 0 Å². The van der Waals surface area contributed by atoms with Crippen LogP contribution in [0.4, 0.5) is 4.79 Å². The summed E-state index contributed by atoms with van der Waals surface area (Å²) >= 11 is 0. The van der Waals surface area contributed by atoms with E-state index in [-0.39, 0.29) is 24.2 Å². The predicted molar refractivity (Wildman–Crippen MR) is 114 cm³/mol. The number of amides is 1. The van der Waals surface area contributed by atoms with E-state index in [9.17, 15) is 9.59 Å². The van der Waals surface area contributed by atoms with Crippen LogP contribution >= 0.6 is 0 Å². The van der Waals surface area contributed by atoms with Crippen LogP contribution in [0.3, 0.4) is 0 Å². The number of ether oxygens (including phenoxy) is 7. The monoisotopic (exact) mass is 459 g/mol. The molecule has 4 rings (SSSR count). The van der Waals surface area contributed by atoms with E-state index in [1.165, 1.54) is 28.4 Å². The standard InChI is InChI=1S/C23H25NO9/c1-27-15-6-5-13(18(21(15)28-2)22(25)29-3)19-20(33-19)14-10-17-16(31-11-32-17)9-12(14)7-8-24-23(26)30-4/h5-6,9-10,19-20H,7-8,11H2,1-4H3,(H,24,26). The van der Waals surface area contributed by atoms with E-state index in [0.29, 0.717) is 35.8 Å². The smallest absolute Gasteiger partial charge is 0.406 e. The van der Waals surface area contributed by atoms with Crippen molar-refractivity contribution in [1.82, 2.24) is 5.32 Å². The van der Waals surface area contributed by atoms with E-state index in [2.05, 4.69) is 10.1 Å². The second kappa shape index (κ2) is 9.45. The Morgan fingerprint density at radius 3 is 2.36 bits per heavy atom. The molecule has 1 fully saturated rings. The van der Waals surface area contributed by atoms with Crippen molar-refractivity contribution in [3.63, 3.8) is 0 Å². The molecule has 0 bridgehead atoms. The molecule has 10 heteroatoms. The summed E-state index contributed by atoms with van der Waals surface area (Å²) in [6.45, 7) is 0.496. The maximum absolute atomic E-state index is 12.6. The summed E-state index contributed by atoms with van der Waals surface area (Å²) in [6, 6.07) is 7.24. The fourth-order valence-corrected chi connectivity index (χ4v) is 3.93. The van der Waals surface area contributed by atoms with Crippen molar-refractivity contribution in [2.45, 2.75) is 18.6 Å². The summed E-state index contributed by atoms with van der Waals surface area (Å²) in [7, 11) is 5.58. The second-order valence-corrected chi connectivity index (χ2v) is 7.31. The predicted octanol–water partition coefficient (Wildman–Crippen LogP) is 2.93. The maximum Gasteiger partial charge on any atom is 0.406 e. The Morgan fingerprint density at radius 1 is 0.970 bits per heavy atom. The Morgan fingerprint density at radius 2 is 1.70 bits per heavy atom. The van der Waals surface area contributed by atoms with Crippen LogP contribution in [0.1, 0.15) is 39.3 Å². The molecule has 2 atom stereocenters. The number of carbonyl (C=O) groups excluding carboxylic acids is 2. The van der Waals surface area contributed by atoms with Gasteiger partial charge in [-0.25, -0.2) is 9.59 Å².